The second-order valence-electron chi connectivity index (χ2n) is 7.48. The average molecular weight is 358 g/mol. The van der Waals surface area contributed by atoms with E-state index in [1.54, 1.807) is 4.90 Å². The second kappa shape index (κ2) is 8.08. The Balaban J connectivity index is 1.56. The highest BCUT2D eigenvalue weighted by Gasteiger charge is 2.31. The van der Waals surface area contributed by atoms with Gasteiger partial charge in [0.2, 0.25) is 11.8 Å². The number of likely N-dealkylation sites (tertiary alicyclic amines) is 1. The maximum Gasteiger partial charge on any atom is 0.240 e. The third kappa shape index (κ3) is 4.01. The Kier molecular flexibility index (Phi) is 5.81. The van der Waals surface area contributed by atoms with Crippen LogP contribution in [0.2, 0.25) is 0 Å². The molecule has 0 aliphatic carbocycles. The quantitative estimate of drug-likeness (QED) is 0.881. The summed E-state index contributed by atoms with van der Waals surface area (Å²) in [5.74, 6) is -0.341. The summed E-state index contributed by atoms with van der Waals surface area (Å²) in [7, 11) is 0. The van der Waals surface area contributed by atoms with Crippen molar-refractivity contribution in [2.75, 3.05) is 44.2 Å². The molecule has 2 aliphatic rings. The monoisotopic (exact) mass is 358 g/mol. The van der Waals surface area contributed by atoms with Crippen molar-refractivity contribution < 1.29 is 9.59 Å². The van der Waals surface area contributed by atoms with Gasteiger partial charge in [0.15, 0.2) is 0 Å². The van der Waals surface area contributed by atoms with E-state index in [0.29, 0.717) is 19.5 Å². The van der Waals surface area contributed by atoms with Crippen molar-refractivity contribution in [3.63, 3.8) is 0 Å². The Morgan fingerprint density at radius 1 is 1.08 bits per heavy atom. The van der Waals surface area contributed by atoms with Gasteiger partial charge in [0, 0.05) is 38.4 Å². The van der Waals surface area contributed by atoms with Crippen molar-refractivity contribution in [1.82, 2.24) is 9.80 Å². The van der Waals surface area contributed by atoms with Gasteiger partial charge in [0.1, 0.15) is 6.04 Å². The third-order valence-corrected chi connectivity index (χ3v) is 5.80. The van der Waals surface area contributed by atoms with Crippen LogP contribution in [-0.4, -0.2) is 66.9 Å². The summed E-state index contributed by atoms with van der Waals surface area (Å²) in [5, 5.41) is 0. The van der Waals surface area contributed by atoms with E-state index in [4.69, 9.17) is 5.73 Å². The lowest BCUT2D eigenvalue weighted by Crippen LogP contribution is -2.55. The minimum atomic E-state index is -0.424. The molecule has 1 atom stereocenters. The first kappa shape index (κ1) is 18.7. The predicted octanol–water partition coefficient (Wildman–Crippen LogP) is 1.29. The molecule has 0 bridgehead atoms. The van der Waals surface area contributed by atoms with E-state index in [2.05, 4.69) is 41.8 Å². The normalized spacial score (nSPS) is 21.7. The molecular weight excluding hydrogens is 328 g/mol. The van der Waals surface area contributed by atoms with E-state index in [9.17, 15) is 9.59 Å². The average Bonchev–Trinajstić information content (AvgIpc) is 2.64. The van der Waals surface area contributed by atoms with Gasteiger partial charge in [-0.1, -0.05) is 12.1 Å². The molecule has 2 aliphatic heterocycles. The van der Waals surface area contributed by atoms with Crippen LogP contribution >= 0.6 is 0 Å². The fourth-order valence-corrected chi connectivity index (χ4v) is 4.03. The standard InChI is InChI=1S/C20H30N4O2/c1-15-6-5-8-17(16(15)2)23-12-10-22(11-13-23)14-19(25)24-9-4-3-7-18(24)20(21)26/h5-6,8,18H,3-4,7,9-14H2,1-2H3,(H2,21,26)/t18-/m0/s1. The van der Waals surface area contributed by atoms with Crippen molar-refractivity contribution in [1.29, 1.82) is 0 Å². The molecule has 142 valence electrons. The molecule has 2 amide bonds. The lowest BCUT2D eigenvalue weighted by molar-refractivity contribution is -0.142. The van der Waals surface area contributed by atoms with Gasteiger partial charge in [-0.2, -0.15) is 0 Å². The van der Waals surface area contributed by atoms with E-state index < -0.39 is 6.04 Å². The number of anilines is 1. The van der Waals surface area contributed by atoms with Gasteiger partial charge in [-0.15, -0.1) is 0 Å². The van der Waals surface area contributed by atoms with Crippen LogP contribution in [0, 0.1) is 13.8 Å². The Morgan fingerprint density at radius 2 is 1.81 bits per heavy atom. The fourth-order valence-electron chi connectivity index (χ4n) is 4.03. The Labute approximate surface area is 155 Å². The number of primary amides is 1. The number of hydrogen-bond donors (Lipinski definition) is 1. The highest BCUT2D eigenvalue weighted by atomic mass is 16.2. The van der Waals surface area contributed by atoms with Gasteiger partial charge in [0.25, 0.3) is 0 Å². The van der Waals surface area contributed by atoms with Crippen LogP contribution < -0.4 is 10.6 Å². The molecule has 26 heavy (non-hydrogen) atoms. The maximum absolute atomic E-state index is 12.7. The van der Waals surface area contributed by atoms with Crippen LogP contribution in [0.25, 0.3) is 0 Å². The zero-order valence-corrected chi connectivity index (χ0v) is 15.9. The summed E-state index contributed by atoms with van der Waals surface area (Å²) in [6.07, 6.45) is 2.61. The van der Waals surface area contributed by atoms with Crippen molar-refractivity contribution in [2.24, 2.45) is 5.73 Å². The summed E-state index contributed by atoms with van der Waals surface area (Å²) < 4.78 is 0. The van der Waals surface area contributed by atoms with Crippen molar-refractivity contribution in [3.8, 4) is 0 Å². The van der Waals surface area contributed by atoms with Crippen LogP contribution in [0.4, 0.5) is 5.69 Å². The second-order valence-corrected chi connectivity index (χ2v) is 7.48. The first-order chi connectivity index (χ1) is 12.5. The molecule has 6 heteroatoms. The first-order valence-electron chi connectivity index (χ1n) is 9.59. The summed E-state index contributed by atoms with van der Waals surface area (Å²) in [5.41, 5.74) is 9.41. The van der Waals surface area contributed by atoms with Gasteiger partial charge in [-0.25, -0.2) is 0 Å². The van der Waals surface area contributed by atoms with Crippen molar-refractivity contribution in [2.45, 2.75) is 39.2 Å². The van der Waals surface area contributed by atoms with Gasteiger partial charge >= 0.3 is 0 Å². The molecule has 6 nitrogen and oxygen atoms in total. The van der Waals surface area contributed by atoms with Gasteiger partial charge < -0.3 is 15.5 Å². The summed E-state index contributed by atoms with van der Waals surface area (Å²) in [6, 6.07) is 6.00. The number of carbonyl (C=O) groups is 2. The van der Waals surface area contributed by atoms with Crippen LogP contribution in [0.3, 0.4) is 0 Å². The summed E-state index contributed by atoms with van der Waals surface area (Å²) in [6.45, 7) is 8.87. The van der Waals surface area contributed by atoms with E-state index in [-0.39, 0.29) is 11.8 Å². The lowest BCUT2D eigenvalue weighted by atomic mass is 10.0. The summed E-state index contributed by atoms with van der Waals surface area (Å²) >= 11 is 0. The molecule has 0 unspecified atom stereocenters. The third-order valence-electron chi connectivity index (χ3n) is 5.80. The van der Waals surface area contributed by atoms with Crippen LogP contribution in [0.15, 0.2) is 18.2 Å². The van der Waals surface area contributed by atoms with Crippen LogP contribution in [0.1, 0.15) is 30.4 Å². The van der Waals surface area contributed by atoms with E-state index in [0.717, 1.165) is 39.0 Å². The van der Waals surface area contributed by atoms with Gasteiger partial charge in [0.05, 0.1) is 6.54 Å². The molecular formula is C20H30N4O2. The predicted molar refractivity (Wildman–Crippen MR) is 103 cm³/mol. The molecule has 3 rings (SSSR count). The zero-order valence-electron chi connectivity index (χ0n) is 15.9. The number of piperazine rings is 1. The molecule has 2 fully saturated rings. The highest BCUT2D eigenvalue weighted by molar-refractivity contribution is 5.87. The number of nitrogens with zero attached hydrogens (tertiary/aromatic N) is 3. The zero-order chi connectivity index (χ0) is 18.7. The lowest BCUT2D eigenvalue weighted by Gasteiger charge is -2.39. The molecule has 2 saturated heterocycles. The molecule has 0 spiro atoms. The number of nitrogens with two attached hydrogens (primary N) is 1. The Morgan fingerprint density at radius 3 is 2.50 bits per heavy atom. The molecule has 0 radical (unpaired) electrons. The number of hydrogen-bond acceptors (Lipinski definition) is 4. The number of benzene rings is 1. The molecule has 0 saturated carbocycles. The molecule has 0 aromatic heterocycles. The number of amides is 2. The number of carbonyl (C=O) groups excluding carboxylic acids is 2. The largest absolute Gasteiger partial charge is 0.369 e. The molecule has 1 aromatic rings. The number of piperidine rings is 1. The molecule has 2 heterocycles. The Bertz CT molecular complexity index is 668. The number of rotatable bonds is 4. The van der Waals surface area contributed by atoms with E-state index in [1.165, 1.54) is 16.8 Å². The SMILES string of the molecule is Cc1cccc(N2CCN(CC(=O)N3CCCC[C@H]3C(N)=O)CC2)c1C. The maximum atomic E-state index is 12.7. The van der Waals surface area contributed by atoms with Gasteiger partial charge in [-0.3, -0.25) is 14.5 Å². The van der Waals surface area contributed by atoms with Crippen molar-refractivity contribution in [3.05, 3.63) is 29.3 Å². The van der Waals surface area contributed by atoms with E-state index in [1.807, 2.05) is 0 Å². The highest BCUT2D eigenvalue weighted by Crippen LogP contribution is 2.24. The number of aryl methyl sites for hydroxylation is 1. The van der Waals surface area contributed by atoms with Crippen molar-refractivity contribution >= 4 is 17.5 Å². The summed E-state index contributed by atoms with van der Waals surface area (Å²) in [4.78, 5) is 30.6. The fraction of sp³-hybridized carbons (Fsp3) is 0.600. The van der Waals surface area contributed by atoms with E-state index >= 15 is 0 Å². The Hall–Kier alpha value is -2.08. The smallest absolute Gasteiger partial charge is 0.240 e. The van der Waals surface area contributed by atoms with Crippen LogP contribution in [0.5, 0.6) is 0 Å². The molecule has 2 N–H and O–H groups in total. The minimum absolute atomic E-state index is 0.0358. The minimum Gasteiger partial charge on any atom is -0.369 e. The molecule has 1 aromatic carbocycles. The van der Waals surface area contributed by atoms with Crippen LogP contribution in [-0.2, 0) is 9.59 Å². The van der Waals surface area contributed by atoms with Gasteiger partial charge in [-0.05, 0) is 50.3 Å². The first-order valence-corrected chi connectivity index (χ1v) is 9.59. The topological polar surface area (TPSA) is 69.9 Å².